The Morgan fingerprint density at radius 2 is 2.27 bits per heavy atom. The van der Waals surface area contributed by atoms with Gasteiger partial charge in [0.25, 0.3) is 0 Å². The van der Waals surface area contributed by atoms with Crippen LogP contribution in [0.2, 0.25) is 0 Å². The highest BCUT2D eigenvalue weighted by Crippen LogP contribution is 2.12. The quantitative estimate of drug-likeness (QED) is 0.864. The molecule has 0 bridgehead atoms. The van der Waals surface area contributed by atoms with E-state index in [1.165, 1.54) is 10.4 Å². The molecule has 80 valence electrons. The first-order valence-corrected chi connectivity index (χ1v) is 5.80. The predicted molar refractivity (Wildman–Crippen MR) is 60.8 cm³/mol. The van der Waals surface area contributed by atoms with Gasteiger partial charge in [-0.15, -0.1) is 11.3 Å². The van der Waals surface area contributed by atoms with Crippen LogP contribution < -0.4 is 5.32 Å². The summed E-state index contributed by atoms with van der Waals surface area (Å²) < 4.78 is 5.10. The number of nitrogens with one attached hydrogen (secondary N) is 1. The lowest BCUT2D eigenvalue weighted by molar-refractivity contribution is 0.392. The van der Waals surface area contributed by atoms with Gasteiger partial charge in [0.15, 0.2) is 0 Å². The third-order valence-corrected chi connectivity index (χ3v) is 3.24. The SMILES string of the molecule is Cc1noc(C)c1CNCc1cccs1. The van der Waals surface area contributed by atoms with Crippen LogP contribution >= 0.6 is 11.3 Å². The Labute approximate surface area is 93.1 Å². The van der Waals surface area contributed by atoms with Gasteiger partial charge in [-0.25, -0.2) is 0 Å². The number of aromatic nitrogens is 1. The van der Waals surface area contributed by atoms with E-state index in [1.54, 1.807) is 11.3 Å². The Morgan fingerprint density at radius 3 is 2.87 bits per heavy atom. The van der Waals surface area contributed by atoms with Crippen molar-refractivity contribution in [2.24, 2.45) is 0 Å². The zero-order chi connectivity index (χ0) is 10.7. The lowest BCUT2D eigenvalue weighted by atomic mass is 10.2. The zero-order valence-corrected chi connectivity index (χ0v) is 9.73. The minimum atomic E-state index is 0.819. The smallest absolute Gasteiger partial charge is 0.138 e. The van der Waals surface area contributed by atoms with E-state index in [1.807, 2.05) is 13.8 Å². The number of hydrogen-bond donors (Lipinski definition) is 1. The molecule has 15 heavy (non-hydrogen) atoms. The Hall–Kier alpha value is -1.13. The van der Waals surface area contributed by atoms with Gasteiger partial charge in [0.1, 0.15) is 5.76 Å². The van der Waals surface area contributed by atoms with Crippen molar-refractivity contribution in [2.45, 2.75) is 26.9 Å². The summed E-state index contributed by atoms with van der Waals surface area (Å²) in [7, 11) is 0. The van der Waals surface area contributed by atoms with Crippen LogP contribution in [-0.4, -0.2) is 5.16 Å². The minimum Gasteiger partial charge on any atom is -0.361 e. The van der Waals surface area contributed by atoms with Crippen molar-refractivity contribution in [2.75, 3.05) is 0 Å². The molecule has 2 heterocycles. The van der Waals surface area contributed by atoms with Gasteiger partial charge in [0.2, 0.25) is 0 Å². The third-order valence-electron chi connectivity index (χ3n) is 2.36. The average Bonchev–Trinajstić information content (AvgIpc) is 2.82. The van der Waals surface area contributed by atoms with Crippen LogP contribution in [0.3, 0.4) is 0 Å². The van der Waals surface area contributed by atoms with E-state index in [-0.39, 0.29) is 0 Å². The van der Waals surface area contributed by atoms with Crippen molar-refractivity contribution in [1.82, 2.24) is 10.5 Å². The minimum absolute atomic E-state index is 0.819. The lowest BCUT2D eigenvalue weighted by Crippen LogP contribution is -2.12. The Kier molecular flexibility index (Phi) is 3.18. The van der Waals surface area contributed by atoms with E-state index < -0.39 is 0 Å². The monoisotopic (exact) mass is 222 g/mol. The topological polar surface area (TPSA) is 38.1 Å². The number of hydrogen-bond acceptors (Lipinski definition) is 4. The van der Waals surface area contributed by atoms with Gasteiger partial charge in [-0.1, -0.05) is 11.2 Å². The van der Waals surface area contributed by atoms with Crippen molar-refractivity contribution >= 4 is 11.3 Å². The molecule has 3 nitrogen and oxygen atoms in total. The first kappa shape index (κ1) is 10.4. The maximum Gasteiger partial charge on any atom is 0.138 e. The van der Waals surface area contributed by atoms with E-state index in [0.29, 0.717) is 0 Å². The molecule has 0 spiro atoms. The van der Waals surface area contributed by atoms with E-state index in [0.717, 1.165) is 24.5 Å². The molecule has 2 aromatic heterocycles. The molecule has 0 saturated heterocycles. The van der Waals surface area contributed by atoms with Crippen LogP contribution in [0, 0.1) is 13.8 Å². The maximum absolute atomic E-state index is 5.10. The summed E-state index contributed by atoms with van der Waals surface area (Å²) in [5, 5.41) is 9.39. The van der Waals surface area contributed by atoms with Crippen molar-refractivity contribution in [3.05, 3.63) is 39.4 Å². The van der Waals surface area contributed by atoms with Crippen molar-refractivity contribution in [1.29, 1.82) is 0 Å². The molecule has 1 N–H and O–H groups in total. The molecular weight excluding hydrogens is 208 g/mol. The van der Waals surface area contributed by atoms with Gasteiger partial charge in [-0.3, -0.25) is 0 Å². The highest BCUT2D eigenvalue weighted by Gasteiger charge is 2.07. The summed E-state index contributed by atoms with van der Waals surface area (Å²) in [6.07, 6.45) is 0. The van der Waals surface area contributed by atoms with E-state index in [4.69, 9.17) is 4.52 Å². The Balaban J connectivity index is 1.89. The molecule has 0 aliphatic rings. The number of aryl methyl sites for hydroxylation is 2. The van der Waals surface area contributed by atoms with E-state index in [2.05, 4.69) is 28.0 Å². The van der Waals surface area contributed by atoms with Crippen LogP contribution in [0.5, 0.6) is 0 Å². The molecule has 0 fully saturated rings. The normalized spacial score (nSPS) is 10.8. The van der Waals surface area contributed by atoms with Crippen LogP contribution in [0.4, 0.5) is 0 Å². The molecule has 0 aliphatic carbocycles. The van der Waals surface area contributed by atoms with Gasteiger partial charge >= 0.3 is 0 Å². The third kappa shape index (κ3) is 2.46. The average molecular weight is 222 g/mol. The predicted octanol–water partition coefficient (Wildman–Crippen LogP) is 2.64. The van der Waals surface area contributed by atoms with Crippen molar-refractivity contribution in [3.8, 4) is 0 Å². The van der Waals surface area contributed by atoms with E-state index in [9.17, 15) is 0 Å². The molecule has 4 heteroatoms. The van der Waals surface area contributed by atoms with Crippen molar-refractivity contribution in [3.63, 3.8) is 0 Å². The Bertz CT molecular complexity index is 400. The lowest BCUT2D eigenvalue weighted by Gasteiger charge is -2.01. The van der Waals surface area contributed by atoms with Crippen molar-refractivity contribution < 1.29 is 4.52 Å². The van der Waals surface area contributed by atoms with E-state index >= 15 is 0 Å². The Morgan fingerprint density at radius 1 is 1.40 bits per heavy atom. The van der Waals surface area contributed by atoms with Crippen LogP contribution in [0.25, 0.3) is 0 Å². The first-order chi connectivity index (χ1) is 7.27. The molecule has 0 amide bonds. The largest absolute Gasteiger partial charge is 0.361 e. The summed E-state index contributed by atoms with van der Waals surface area (Å²) >= 11 is 1.77. The molecule has 0 atom stereocenters. The summed E-state index contributed by atoms with van der Waals surface area (Å²) in [5.41, 5.74) is 2.15. The highest BCUT2D eigenvalue weighted by atomic mass is 32.1. The van der Waals surface area contributed by atoms with Crippen LogP contribution in [0.1, 0.15) is 21.9 Å². The first-order valence-electron chi connectivity index (χ1n) is 4.92. The fraction of sp³-hybridized carbons (Fsp3) is 0.364. The van der Waals surface area contributed by atoms with Gasteiger partial charge in [0, 0.05) is 23.5 Å². The zero-order valence-electron chi connectivity index (χ0n) is 8.91. The fourth-order valence-electron chi connectivity index (χ4n) is 1.48. The highest BCUT2D eigenvalue weighted by molar-refractivity contribution is 7.09. The second-order valence-electron chi connectivity index (χ2n) is 3.49. The number of rotatable bonds is 4. The molecule has 0 saturated carbocycles. The summed E-state index contributed by atoms with van der Waals surface area (Å²) in [6, 6.07) is 4.20. The van der Waals surface area contributed by atoms with Gasteiger partial charge < -0.3 is 9.84 Å². The van der Waals surface area contributed by atoms with Crippen LogP contribution in [0.15, 0.2) is 22.0 Å². The standard InChI is InChI=1S/C11H14N2OS/c1-8-11(9(2)14-13-8)7-12-6-10-4-3-5-15-10/h3-5,12H,6-7H2,1-2H3. The fourth-order valence-corrected chi connectivity index (χ4v) is 2.15. The summed E-state index contributed by atoms with van der Waals surface area (Å²) in [6.45, 7) is 5.64. The summed E-state index contributed by atoms with van der Waals surface area (Å²) in [4.78, 5) is 1.35. The second-order valence-corrected chi connectivity index (χ2v) is 4.52. The molecule has 0 radical (unpaired) electrons. The molecule has 0 unspecified atom stereocenters. The molecule has 0 aromatic carbocycles. The number of nitrogens with zero attached hydrogens (tertiary/aromatic N) is 1. The van der Waals surface area contributed by atoms with Gasteiger partial charge in [0.05, 0.1) is 5.69 Å². The molecular formula is C11H14N2OS. The summed E-state index contributed by atoms with van der Waals surface area (Å²) in [5.74, 6) is 0.908. The van der Waals surface area contributed by atoms with Gasteiger partial charge in [-0.05, 0) is 25.3 Å². The number of thiophene rings is 1. The second kappa shape index (κ2) is 4.59. The van der Waals surface area contributed by atoms with Crippen LogP contribution in [-0.2, 0) is 13.1 Å². The molecule has 2 aromatic rings. The molecule has 2 rings (SSSR count). The maximum atomic E-state index is 5.10. The molecule has 0 aliphatic heterocycles. The van der Waals surface area contributed by atoms with Gasteiger partial charge in [-0.2, -0.15) is 0 Å².